The highest BCUT2D eigenvalue weighted by molar-refractivity contribution is 9.10. The topological polar surface area (TPSA) is 71.3 Å². The van der Waals surface area contributed by atoms with Crippen molar-refractivity contribution in [2.24, 2.45) is 0 Å². The predicted octanol–water partition coefficient (Wildman–Crippen LogP) is 6.13. The lowest BCUT2D eigenvalue weighted by molar-refractivity contribution is -0.117. The van der Waals surface area contributed by atoms with E-state index in [1.807, 2.05) is 74.5 Å². The quantitative estimate of drug-likeness (QED) is 0.295. The number of benzene rings is 3. The number of halogens is 1. The van der Waals surface area contributed by atoms with Gasteiger partial charge in [-0.2, -0.15) is 5.26 Å². The summed E-state index contributed by atoms with van der Waals surface area (Å²) in [6.07, 6.45) is 1.53. The van der Waals surface area contributed by atoms with Gasteiger partial charge in [0.25, 0.3) is 5.91 Å². The molecule has 0 aromatic heterocycles. The fourth-order valence-corrected chi connectivity index (χ4v) is 3.79. The van der Waals surface area contributed by atoms with E-state index in [-0.39, 0.29) is 11.6 Å². The molecule has 0 aliphatic heterocycles. The molecule has 0 radical (unpaired) electrons. The summed E-state index contributed by atoms with van der Waals surface area (Å²) in [5, 5.41) is 12.4. The third kappa shape index (κ3) is 6.47. The molecule has 0 heterocycles. The Morgan fingerprint density at radius 1 is 1.15 bits per heavy atom. The second-order valence-corrected chi connectivity index (χ2v) is 8.44. The fraction of sp³-hybridized carbons (Fsp3) is 0.185. The summed E-state index contributed by atoms with van der Waals surface area (Å²) in [7, 11) is 1.55. The Morgan fingerprint density at radius 3 is 2.48 bits per heavy atom. The van der Waals surface area contributed by atoms with E-state index in [4.69, 9.17) is 9.47 Å². The lowest BCUT2D eigenvalue weighted by Gasteiger charge is -2.15. The number of methoxy groups -OCH3 is 1. The first-order valence-electron chi connectivity index (χ1n) is 10.4. The summed E-state index contributed by atoms with van der Waals surface area (Å²) in [6, 6.07) is 23.0. The van der Waals surface area contributed by atoms with Crippen LogP contribution in [-0.4, -0.2) is 13.0 Å². The number of nitrogens with one attached hydrogen (secondary N) is 1. The van der Waals surface area contributed by atoms with Gasteiger partial charge in [0.15, 0.2) is 11.5 Å². The van der Waals surface area contributed by atoms with Crippen molar-refractivity contribution in [1.82, 2.24) is 5.32 Å². The summed E-state index contributed by atoms with van der Waals surface area (Å²) in [4.78, 5) is 12.7. The average Bonchev–Trinajstić information content (AvgIpc) is 2.83. The first-order valence-corrected chi connectivity index (χ1v) is 11.2. The molecule has 0 aliphatic rings. The predicted molar refractivity (Wildman–Crippen MR) is 133 cm³/mol. The summed E-state index contributed by atoms with van der Waals surface area (Å²) in [6.45, 7) is 4.30. The number of hydrogen-bond acceptors (Lipinski definition) is 4. The zero-order valence-electron chi connectivity index (χ0n) is 18.8. The molecular weight excluding hydrogens is 480 g/mol. The van der Waals surface area contributed by atoms with E-state index in [1.165, 1.54) is 11.6 Å². The van der Waals surface area contributed by atoms with Gasteiger partial charge < -0.3 is 14.8 Å². The molecule has 1 atom stereocenters. The Kier molecular flexibility index (Phi) is 8.28. The number of nitrogens with zero attached hydrogens (tertiary/aromatic N) is 1. The highest BCUT2D eigenvalue weighted by Crippen LogP contribution is 2.37. The van der Waals surface area contributed by atoms with Crippen LogP contribution in [0.2, 0.25) is 0 Å². The van der Waals surface area contributed by atoms with E-state index in [0.29, 0.717) is 28.1 Å². The van der Waals surface area contributed by atoms with Crippen LogP contribution in [-0.2, 0) is 11.4 Å². The first-order chi connectivity index (χ1) is 15.9. The van der Waals surface area contributed by atoms with Gasteiger partial charge >= 0.3 is 0 Å². The standard InChI is InChI=1S/C27H25BrN2O3/c1-18-9-11-20(12-10-18)17-33-26-24(28)14-21(15-25(26)32-3)13-23(16-29)27(31)30-19(2)22-7-5-4-6-8-22/h4-15,19H,17H2,1-3H3,(H,30,31)/b23-13-/t19-/m1/s1. The molecule has 0 spiro atoms. The molecule has 5 nitrogen and oxygen atoms in total. The Bertz CT molecular complexity index is 1180. The van der Waals surface area contributed by atoms with E-state index in [1.54, 1.807) is 19.2 Å². The highest BCUT2D eigenvalue weighted by Gasteiger charge is 2.16. The molecular formula is C27H25BrN2O3. The van der Waals surface area contributed by atoms with E-state index in [9.17, 15) is 10.1 Å². The number of nitriles is 1. The minimum absolute atomic E-state index is 0.0000536. The molecule has 0 saturated carbocycles. The van der Waals surface area contributed by atoms with Crippen LogP contribution in [0.4, 0.5) is 0 Å². The fourth-order valence-electron chi connectivity index (χ4n) is 3.22. The number of amides is 1. The lowest BCUT2D eigenvalue weighted by Crippen LogP contribution is -2.27. The van der Waals surface area contributed by atoms with Gasteiger partial charge in [0.2, 0.25) is 0 Å². The Balaban J connectivity index is 1.78. The summed E-state index contributed by atoms with van der Waals surface area (Å²) in [5.41, 5.74) is 3.82. The van der Waals surface area contributed by atoms with Crippen molar-refractivity contribution >= 4 is 27.9 Å². The second-order valence-electron chi connectivity index (χ2n) is 7.58. The van der Waals surface area contributed by atoms with Gasteiger partial charge in [0, 0.05) is 0 Å². The summed E-state index contributed by atoms with van der Waals surface area (Å²) < 4.78 is 12.2. The second kappa shape index (κ2) is 11.3. The first kappa shape index (κ1) is 24.1. The van der Waals surface area contributed by atoms with Gasteiger partial charge in [0.05, 0.1) is 17.6 Å². The molecule has 0 aliphatic carbocycles. The maximum atomic E-state index is 12.7. The molecule has 3 rings (SSSR count). The zero-order chi connectivity index (χ0) is 23.8. The molecule has 3 aromatic rings. The van der Waals surface area contributed by atoms with Gasteiger partial charge in [-0.1, -0.05) is 60.2 Å². The third-order valence-electron chi connectivity index (χ3n) is 5.08. The van der Waals surface area contributed by atoms with E-state index >= 15 is 0 Å². The van der Waals surface area contributed by atoms with Crippen LogP contribution in [0.25, 0.3) is 6.08 Å². The zero-order valence-corrected chi connectivity index (χ0v) is 20.3. The smallest absolute Gasteiger partial charge is 0.262 e. The monoisotopic (exact) mass is 504 g/mol. The van der Waals surface area contributed by atoms with E-state index < -0.39 is 5.91 Å². The van der Waals surface area contributed by atoms with Crippen molar-refractivity contribution in [3.05, 3.63) is 99.0 Å². The molecule has 6 heteroatoms. The van der Waals surface area contributed by atoms with Crippen LogP contribution >= 0.6 is 15.9 Å². The maximum Gasteiger partial charge on any atom is 0.262 e. The number of ether oxygens (including phenoxy) is 2. The SMILES string of the molecule is COc1cc(/C=C(/C#N)C(=O)N[C@H](C)c2ccccc2)cc(Br)c1OCc1ccc(C)cc1. The minimum Gasteiger partial charge on any atom is -0.493 e. The third-order valence-corrected chi connectivity index (χ3v) is 5.67. The Morgan fingerprint density at radius 2 is 1.85 bits per heavy atom. The molecule has 0 unspecified atom stereocenters. The number of carbonyl (C=O) groups is 1. The van der Waals surface area contributed by atoms with Gasteiger partial charge in [-0.05, 0) is 64.7 Å². The number of rotatable bonds is 8. The molecule has 168 valence electrons. The normalized spacial score (nSPS) is 11.9. The molecule has 33 heavy (non-hydrogen) atoms. The van der Waals surface area contributed by atoms with Crippen LogP contribution < -0.4 is 14.8 Å². The van der Waals surface area contributed by atoms with Crippen molar-refractivity contribution < 1.29 is 14.3 Å². The van der Waals surface area contributed by atoms with Crippen LogP contribution in [0.5, 0.6) is 11.5 Å². The Labute approximate surface area is 202 Å². The molecule has 3 aromatic carbocycles. The van der Waals surface area contributed by atoms with Crippen LogP contribution in [0.15, 0.2) is 76.8 Å². The van der Waals surface area contributed by atoms with Crippen molar-refractivity contribution in [2.75, 3.05) is 7.11 Å². The maximum absolute atomic E-state index is 12.7. The largest absolute Gasteiger partial charge is 0.493 e. The van der Waals surface area contributed by atoms with Crippen molar-refractivity contribution in [2.45, 2.75) is 26.5 Å². The van der Waals surface area contributed by atoms with E-state index in [0.717, 1.165) is 11.1 Å². The van der Waals surface area contributed by atoms with Gasteiger partial charge in [-0.25, -0.2) is 0 Å². The average molecular weight is 505 g/mol. The van der Waals surface area contributed by atoms with Gasteiger partial charge in [-0.3, -0.25) is 4.79 Å². The van der Waals surface area contributed by atoms with Crippen LogP contribution in [0.3, 0.4) is 0 Å². The number of carbonyl (C=O) groups excluding carboxylic acids is 1. The van der Waals surface area contributed by atoms with Gasteiger partial charge in [0.1, 0.15) is 18.2 Å². The van der Waals surface area contributed by atoms with Crippen LogP contribution in [0.1, 0.15) is 35.2 Å². The minimum atomic E-state index is -0.441. The lowest BCUT2D eigenvalue weighted by atomic mass is 10.1. The molecule has 0 bridgehead atoms. The molecule has 0 saturated heterocycles. The number of hydrogen-bond donors (Lipinski definition) is 1. The van der Waals surface area contributed by atoms with Crippen LogP contribution in [0, 0.1) is 18.3 Å². The highest BCUT2D eigenvalue weighted by atomic mass is 79.9. The summed E-state index contributed by atoms with van der Waals surface area (Å²) >= 11 is 3.53. The molecule has 1 N–H and O–H groups in total. The number of aryl methyl sites for hydroxylation is 1. The van der Waals surface area contributed by atoms with E-state index in [2.05, 4.69) is 21.2 Å². The van der Waals surface area contributed by atoms with Crippen molar-refractivity contribution in [3.63, 3.8) is 0 Å². The van der Waals surface area contributed by atoms with Crippen molar-refractivity contribution in [3.8, 4) is 17.6 Å². The summed E-state index contributed by atoms with van der Waals surface area (Å²) in [5.74, 6) is 0.609. The Hall–Kier alpha value is -3.56. The molecule has 1 amide bonds. The van der Waals surface area contributed by atoms with Gasteiger partial charge in [-0.15, -0.1) is 0 Å². The molecule has 0 fully saturated rings. The van der Waals surface area contributed by atoms with Crippen molar-refractivity contribution in [1.29, 1.82) is 5.26 Å².